The Morgan fingerprint density at radius 2 is 1.63 bits per heavy atom. The molecule has 0 saturated heterocycles. The van der Waals surface area contributed by atoms with Crippen molar-refractivity contribution in [1.29, 1.82) is 0 Å². The molecule has 1 unspecified atom stereocenters. The van der Waals surface area contributed by atoms with Gasteiger partial charge in [0.15, 0.2) is 5.11 Å². The molecule has 5 rings (SSSR count). The van der Waals surface area contributed by atoms with Gasteiger partial charge >= 0.3 is 0 Å². The molecular weight excluding hydrogens is 458 g/mol. The van der Waals surface area contributed by atoms with Crippen LogP contribution in [0.2, 0.25) is 0 Å². The summed E-state index contributed by atoms with van der Waals surface area (Å²) in [6.07, 6.45) is 0.582. The van der Waals surface area contributed by atoms with Gasteiger partial charge < -0.3 is 19.9 Å². The first-order valence-corrected chi connectivity index (χ1v) is 11.7. The molecule has 7 heteroatoms. The van der Waals surface area contributed by atoms with Crippen LogP contribution in [0.5, 0.6) is 17.2 Å². The lowest BCUT2D eigenvalue weighted by Crippen LogP contribution is -2.31. The van der Waals surface area contributed by atoms with Gasteiger partial charge in [-0.15, -0.1) is 0 Å². The molecule has 176 valence electrons. The molecule has 0 fully saturated rings. The Morgan fingerprint density at radius 1 is 0.914 bits per heavy atom. The number of benzene rings is 4. The molecule has 6 nitrogen and oxygen atoms in total. The molecule has 0 spiro atoms. The van der Waals surface area contributed by atoms with Gasteiger partial charge in [-0.1, -0.05) is 42.5 Å². The average Bonchev–Trinajstić information content (AvgIpc) is 3.34. The third-order valence-electron chi connectivity index (χ3n) is 6.17. The maximum Gasteiger partial charge on any atom is 0.194 e. The number of nitrogens with one attached hydrogen (secondary N) is 1. The monoisotopic (exact) mass is 483 g/mol. The lowest BCUT2D eigenvalue weighted by atomic mass is 9.93. The fourth-order valence-corrected chi connectivity index (χ4v) is 4.72. The van der Waals surface area contributed by atoms with E-state index < -0.39 is 0 Å². The maximum absolute atomic E-state index is 10.5. The van der Waals surface area contributed by atoms with Gasteiger partial charge in [0, 0.05) is 23.1 Å². The molecule has 4 aromatic rings. The third kappa shape index (κ3) is 4.38. The third-order valence-corrected chi connectivity index (χ3v) is 6.46. The Morgan fingerprint density at radius 3 is 2.34 bits per heavy atom. The molecule has 0 aliphatic carbocycles. The summed E-state index contributed by atoms with van der Waals surface area (Å²) in [5, 5.41) is 23.1. The Balaban J connectivity index is 1.56. The fraction of sp³-hybridized carbons (Fsp3) is 0.143. The highest BCUT2D eigenvalue weighted by molar-refractivity contribution is 7.80. The summed E-state index contributed by atoms with van der Waals surface area (Å²) >= 11 is 5.83. The van der Waals surface area contributed by atoms with Crippen molar-refractivity contribution in [2.24, 2.45) is 5.10 Å². The summed E-state index contributed by atoms with van der Waals surface area (Å²) < 4.78 is 10.9. The van der Waals surface area contributed by atoms with Crippen LogP contribution in [0.15, 0.2) is 90.0 Å². The second-order valence-electron chi connectivity index (χ2n) is 8.19. The number of rotatable bonds is 5. The Kier molecular flexibility index (Phi) is 6.25. The normalized spacial score (nSPS) is 15.1. The first-order chi connectivity index (χ1) is 17.1. The zero-order chi connectivity index (χ0) is 24.4. The maximum atomic E-state index is 10.5. The highest BCUT2D eigenvalue weighted by Gasteiger charge is 2.33. The lowest BCUT2D eigenvalue weighted by molar-refractivity contribution is 0.377. The van der Waals surface area contributed by atoms with Crippen molar-refractivity contribution in [3.05, 3.63) is 96.1 Å². The lowest BCUT2D eigenvalue weighted by Gasteiger charge is -2.26. The number of phenolic OH excluding ortho intramolecular Hbond substituents is 1. The number of thiocarbonyl (C=S) groups is 1. The first-order valence-electron chi connectivity index (χ1n) is 11.2. The number of nitrogens with zero attached hydrogens (tertiary/aromatic N) is 2. The van der Waals surface area contributed by atoms with E-state index in [1.165, 1.54) is 0 Å². The second kappa shape index (κ2) is 9.64. The van der Waals surface area contributed by atoms with Gasteiger partial charge in [0.25, 0.3) is 0 Å². The predicted octanol–water partition coefficient (Wildman–Crippen LogP) is 6.11. The Bertz CT molecular complexity index is 1420. The van der Waals surface area contributed by atoms with E-state index in [-0.39, 0.29) is 11.8 Å². The van der Waals surface area contributed by atoms with Crippen molar-refractivity contribution in [2.75, 3.05) is 19.5 Å². The van der Waals surface area contributed by atoms with Crippen molar-refractivity contribution in [3.63, 3.8) is 0 Å². The number of hydrogen-bond acceptors (Lipinski definition) is 5. The van der Waals surface area contributed by atoms with E-state index in [0.29, 0.717) is 17.1 Å². The molecule has 0 aromatic heterocycles. The predicted molar refractivity (Wildman–Crippen MR) is 144 cm³/mol. The van der Waals surface area contributed by atoms with Crippen LogP contribution in [0.4, 0.5) is 5.69 Å². The van der Waals surface area contributed by atoms with Gasteiger partial charge in [-0.2, -0.15) is 5.10 Å². The van der Waals surface area contributed by atoms with Gasteiger partial charge in [0.05, 0.1) is 26.0 Å². The van der Waals surface area contributed by atoms with Crippen LogP contribution in [0.25, 0.3) is 10.8 Å². The first kappa shape index (κ1) is 22.7. The summed E-state index contributed by atoms with van der Waals surface area (Å²) in [6.45, 7) is 0. The van der Waals surface area contributed by atoms with Crippen LogP contribution < -0.4 is 14.8 Å². The molecule has 35 heavy (non-hydrogen) atoms. The number of fused-ring (bicyclic) bond motifs is 1. The number of para-hydroxylation sites is 1. The number of anilines is 1. The van der Waals surface area contributed by atoms with E-state index in [1.54, 1.807) is 26.4 Å². The SMILES string of the molecule is COc1ccc(NC(=S)N2N=C(c3ccccc3O)CC2c2ccc(OC)c3ccccc23)cc1. The molecule has 4 aromatic carbocycles. The minimum atomic E-state index is -0.168. The van der Waals surface area contributed by atoms with Crippen LogP contribution in [0.3, 0.4) is 0 Å². The molecular formula is C28H25N3O3S. The largest absolute Gasteiger partial charge is 0.507 e. The standard InChI is InChI=1S/C28H25N3O3S/c1-33-19-13-11-18(12-14-19)29-28(35)31-25(17-24(30-31)23-9-5-6-10-26(23)32)21-15-16-27(34-2)22-8-4-3-7-20(21)22/h3-16,25,32H,17H2,1-2H3,(H,29,35). The highest BCUT2D eigenvalue weighted by Crippen LogP contribution is 2.40. The van der Waals surface area contributed by atoms with E-state index in [1.807, 2.05) is 59.6 Å². The van der Waals surface area contributed by atoms with Gasteiger partial charge in [-0.3, -0.25) is 0 Å². The minimum Gasteiger partial charge on any atom is -0.507 e. The highest BCUT2D eigenvalue weighted by atomic mass is 32.1. The molecule has 1 aliphatic heterocycles. The van der Waals surface area contributed by atoms with Crippen molar-refractivity contribution in [1.82, 2.24) is 5.01 Å². The van der Waals surface area contributed by atoms with Crippen molar-refractivity contribution in [3.8, 4) is 17.2 Å². The molecule has 0 amide bonds. The van der Waals surface area contributed by atoms with E-state index in [9.17, 15) is 5.11 Å². The molecule has 0 saturated carbocycles. The second-order valence-corrected chi connectivity index (χ2v) is 8.58. The van der Waals surface area contributed by atoms with Crippen LogP contribution >= 0.6 is 12.2 Å². The summed E-state index contributed by atoms with van der Waals surface area (Å²) in [5.41, 5.74) is 3.38. The van der Waals surface area contributed by atoms with Crippen molar-refractivity contribution in [2.45, 2.75) is 12.5 Å². The number of phenols is 1. The summed E-state index contributed by atoms with van der Waals surface area (Å²) in [5.74, 6) is 1.78. The quantitative estimate of drug-likeness (QED) is 0.334. The summed E-state index contributed by atoms with van der Waals surface area (Å²) in [7, 11) is 3.31. The molecule has 1 atom stereocenters. The van der Waals surface area contributed by atoms with Gasteiger partial charge in [0.1, 0.15) is 17.2 Å². The number of aromatic hydroxyl groups is 1. The summed E-state index contributed by atoms with van der Waals surface area (Å²) in [6, 6.07) is 26.8. The Hall–Kier alpha value is -4.10. The molecule has 1 heterocycles. The molecule has 0 bridgehead atoms. The van der Waals surface area contributed by atoms with Gasteiger partial charge in [-0.25, -0.2) is 5.01 Å². The topological polar surface area (TPSA) is 66.3 Å². The smallest absolute Gasteiger partial charge is 0.194 e. The van der Waals surface area contributed by atoms with Crippen LogP contribution in [0.1, 0.15) is 23.6 Å². The molecule has 2 N–H and O–H groups in total. The van der Waals surface area contributed by atoms with E-state index in [4.69, 9.17) is 26.8 Å². The van der Waals surface area contributed by atoms with E-state index in [0.717, 1.165) is 39.2 Å². The fourth-order valence-electron chi connectivity index (χ4n) is 4.44. The van der Waals surface area contributed by atoms with Crippen molar-refractivity contribution >= 4 is 39.5 Å². The Labute approximate surface area is 209 Å². The average molecular weight is 484 g/mol. The van der Waals surface area contributed by atoms with Crippen LogP contribution in [0, 0.1) is 0 Å². The van der Waals surface area contributed by atoms with Crippen LogP contribution in [-0.4, -0.2) is 35.2 Å². The number of hydrogen-bond donors (Lipinski definition) is 2. The van der Waals surface area contributed by atoms with E-state index in [2.05, 4.69) is 23.5 Å². The van der Waals surface area contributed by atoms with Gasteiger partial charge in [0.2, 0.25) is 0 Å². The number of hydrazone groups is 1. The van der Waals surface area contributed by atoms with Crippen LogP contribution in [-0.2, 0) is 0 Å². The van der Waals surface area contributed by atoms with E-state index >= 15 is 0 Å². The summed E-state index contributed by atoms with van der Waals surface area (Å²) in [4.78, 5) is 0. The van der Waals surface area contributed by atoms with Gasteiger partial charge in [-0.05, 0) is 65.6 Å². The number of ether oxygens (including phenoxy) is 2. The zero-order valence-electron chi connectivity index (χ0n) is 19.4. The molecule has 1 aliphatic rings. The van der Waals surface area contributed by atoms with Crippen molar-refractivity contribution < 1.29 is 14.6 Å². The molecule has 0 radical (unpaired) electrons. The number of methoxy groups -OCH3 is 2. The minimum absolute atomic E-state index is 0.168. The zero-order valence-corrected chi connectivity index (χ0v) is 20.3.